The van der Waals surface area contributed by atoms with Crippen LogP contribution < -0.4 is 5.32 Å². The van der Waals surface area contributed by atoms with Crippen LogP contribution in [0.2, 0.25) is 0 Å². The summed E-state index contributed by atoms with van der Waals surface area (Å²) in [6.07, 6.45) is 6.75. The van der Waals surface area contributed by atoms with E-state index in [2.05, 4.69) is 10.4 Å². The zero-order valence-electron chi connectivity index (χ0n) is 16.2. The highest BCUT2D eigenvalue weighted by Gasteiger charge is 2.23. The number of nitrogens with one attached hydrogen (secondary N) is 1. The minimum Gasteiger partial charge on any atom is -0.378 e. The van der Waals surface area contributed by atoms with E-state index in [-0.39, 0.29) is 11.6 Å². The second-order valence-electron chi connectivity index (χ2n) is 7.47. The summed E-state index contributed by atoms with van der Waals surface area (Å²) >= 11 is 0. The lowest BCUT2D eigenvalue weighted by Crippen LogP contribution is -2.40. The van der Waals surface area contributed by atoms with Gasteiger partial charge in [0.25, 0.3) is 11.6 Å². The molecule has 29 heavy (non-hydrogen) atoms. The summed E-state index contributed by atoms with van der Waals surface area (Å²) in [5.41, 5.74) is 1.41. The van der Waals surface area contributed by atoms with Gasteiger partial charge in [-0.2, -0.15) is 5.10 Å². The summed E-state index contributed by atoms with van der Waals surface area (Å²) in [4.78, 5) is 25.4. The molecule has 1 aromatic heterocycles. The predicted octanol–water partition coefficient (Wildman–Crippen LogP) is 2.99. The van der Waals surface area contributed by atoms with Gasteiger partial charge in [-0.3, -0.25) is 19.6 Å². The molecule has 0 bridgehead atoms. The van der Waals surface area contributed by atoms with Crippen LogP contribution in [0.25, 0.3) is 0 Å². The standard InChI is InChI=1S/C20H25N5O4/c26-20(23-9-11-29-12-10-23)15-5-6-18(19(13-15)25(27)28)21-14-16-7-8-24(22-16)17-3-1-2-4-17/h5-8,13,17,21H,1-4,9-12,14H2. The molecule has 0 spiro atoms. The summed E-state index contributed by atoms with van der Waals surface area (Å²) in [5, 5.41) is 19.3. The van der Waals surface area contributed by atoms with Crippen LogP contribution in [0, 0.1) is 10.1 Å². The quantitative estimate of drug-likeness (QED) is 0.592. The van der Waals surface area contributed by atoms with E-state index in [0.717, 1.165) is 18.5 Å². The number of hydrogen-bond acceptors (Lipinski definition) is 6. The highest BCUT2D eigenvalue weighted by molar-refractivity contribution is 5.95. The molecule has 1 aliphatic heterocycles. The van der Waals surface area contributed by atoms with Gasteiger partial charge in [0, 0.05) is 30.9 Å². The van der Waals surface area contributed by atoms with Gasteiger partial charge in [0.2, 0.25) is 0 Å². The summed E-state index contributed by atoms with van der Waals surface area (Å²) in [7, 11) is 0. The van der Waals surface area contributed by atoms with Crippen molar-refractivity contribution in [1.82, 2.24) is 14.7 Å². The number of nitro benzene ring substituents is 1. The number of benzene rings is 1. The Bertz CT molecular complexity index is 885. The number of aromatic nitrogens is 2. The normalized spacial score (nSPS) is 17.4. The summed E-state index contributed by atoms with van der Waals surface area (Å²) < 4.78 is 7.26. The third-order valence-corrected chi connectivity index (χ3v) is 5.56. The van der Waals surface area contributed by atoms with Crippen LogP contribution in [0.5, 0.6) is 0 Å². The molecule has 1 amide bonds. The molecule has 2 fully saturated rings. The first-order valence-electron chi connectivity index (χ1n) is 10.0. The number of ether oxygens (including phenoxy) is 1. The van der Waals surface area contributed by atoms with Gasteiger partial charge < -0.3 is 15.0 Å². The second-order valence-corrected chi connectivity index (χ2v) is 7.47. The highest BCUT2D eigenvalue weighted by Crippen LogP contribution is 2.29. The van der Waals surface area contributed by atoms with E-state index < -0.39 is 4.92 Å². The lowest BCUT2D eigenvalue weighted by Gasteiger charge is -2.26. The van der Waals surface area contributed by atoms with Crippen LogP contribution in [0.15, 0.2) is 30.5 Å². The monoisotopic (exact) mass is 399 g/mol. The van der Waals surface area contributed by atoms with Crippen LogP contribution in [-0.4, -0.2) is 51.8 Å². The maximum atomic E-state index is 12.6. The van der Waals surface area contributed by atoms with Gasteiger partial charge in [-0.05, 0) is 31.0 Å². The Morgan fingerprint density at radius 2 is 2.00 bits per heavy atom. The smallest absolute Gasteiger partial charge is 0.293 e. The number of hydrogen-bond donors (Lipinski definition) is 1. The predicted molar refractivity (Wildman–Crippen MR) is 107 cm³/mol. The lowest BCUT2D eigenvalue weighted by atomic mass is 10.1. The van der Waals surface area contributed by atoms with E-state index in [1.807, 2.05) is 16.9 Å². The maximum Gasteiger partial charge on any atom is 0.293 e. The van der Waals surface area contributed by atoms with Crippen molar-refractivity contribution in [1.29, 1.82) is 0 Å². The van der Waals surface area contributed by atoms with Gasteiger partial charge in [-0.1, -0.05) is 12.8 Å². The number of carbonyl (C=O) groups excluding carboxylic acids is 1. The topological polar surface area (TPSA) is 103 Å². The first-order valence-corrected chi connectivity index (χ1v) is 10.0. The van der Waals surface area contributed by atoms with E-state index in [1.165, 1.54) is 18.9 Å². The Morgan fingerprint density at radius 1 is 1.24 bits per heavy atom. The minimum atomic E-state index is -0.463. The third-order valence-electron chi connectivity index (χ3n) is 5.56. The number of rotatable bonds is 6. The molecule has 9 nitrogen and oxygen atoms in total. The molecule has 1 N–H and O–H groups in total. The SMILES string of the molecule is O=C(c1ccc(NCc2ccn(C3CCCC3)n2)c([N+](=O)[O-])c1)N1CCOCC1. The number of amides is 1. The van der Waals surface area contributed by atoms with E-state index in [4.69, 9.17) is 4.74 Å². The number of nitrogens with zero attached hydrogens (tertiary/aromatic N) is 4. The van der Waals surface area contributed by atoms with Crippen LogP contribution in [0.3, 0.4) is 0 Å². The molecule has 0 unspecified atom stereocenters. The molecule has 0 radical (unpaired) electrons. The maximum absolute atomic E-state index is 12.6. The van der Waals surface area contributed by atoms with Crippen LogP contribution in [0.4, 0.5) is 11.4 Å². The van der Waals surface area contributed by atoms with Crippen molar-refractivity contribution >= 4 is 17.3 Å². The van der Waals surface area contributed by atoms with Crippen molar-refractivity contribution in [2.24, 2.45) is 0 Å². The Kier molecular flexibility index (Phi) is 5.75. The first-order chi connectivity index (χ1) is 14.1. The van der Waals surface area contributed by atoms with Gasteiger partial charge >= 0.3 is 0 Å². The molecule has 1 saturated heterocycles. The highest BCUT2D eigenvalue weighted by atomic mass is 16.6. The van der Waals surface area contributed by atoms with Gasteiger partial charge in [-0.15, -0.1) is 0 Å². The summed E-state index contributed by atoms with van der Waals surface area (Å²) in [6.45, 7) is 2.35. The fraction of sp³-hybridized carbons (Fsp3) is 0.500. The molecule has 2 aromatic rings. The average molecular weight is 399 g/mol. The van der Waals surface area contributed by atoms with Crippen molar-refractivity contribution in [2.75, 3.05) is 31.6 Å². The molecule has 2 aliphatic rings. The number of anilines is 1. The number of morpholine rings is 1. The summed E-state index contributed by atoms with van der Waals surface area (Å²) in [6, 6.07) is 6.97. The zero-order valence-corrected chi connectivity index (χ0v) is 16.2. The Labute approximate surface area is 168 Å². The van der Waals surface area contributed by atoms with Gasteiger partial charge in [0.15, 0.2) is 0 Å². The van der Waals surface area contributed by atoms with Gasteiger partial charge in [-0.25, -0.2) is 0 Å². The van der Waals surface area contributed by atoms with Crippen molar-refractivity contribution in [3.63, 3.8) is 0 Å². The molecular weight excluding hydrogens is 374 g/mol. The average Bonchev–Trinajstić information content (AvgIpc) is 3.44. The Hall–Kier alpha value is -2.94. The fourth-order valence-corrected chi connectivity index (χ4v) is 3.94. The lowest BCUT2D eigenvalue weighted by molar-refractivity contribution is -0.384. The Balaban J connectivity index is 1.45. The largest absolute Gasteiger partial charge is 0.378 e. The molecule has 1 aromatic carbocycles. The third kappa shape index (κ3) is 4.40. The van der Waals surface area contributed by atoms with E-state index in [0.29, 0.717) is 50.1 Å². The zero-order chi connectivity index (χ0) is 20.2. The number of nitro groups is 1. The number of carbonyl (C=O) groups is 1. The fourth-order valence-electron chi connectivity index (χ4n) is 3.94. The molecule has 1 aliphatic carbocycles. The molecule has 4 rings (SSSR count). The molecular formula is C20H25N5O4. The molecule has 2 heterocycles. The van der Waals surface area contributed by atoms with Crippen molar-refractivity contribution < 1.29 is 14.5 Å². The van der Waals surface area contributed by atoms with Gasteiger partial charge in [0.05, 0.1) is 36.4 Å². The minimum absolute atomic E-state index is 0.112. The van der Waals surface area contributed by atoms with E-state index in [1.54, 1.807) is 17.0 Å². The summed E-state index contributed by atoms with van der Waals surface area (Å²) in [5.74, 6) is -0.210. The van der Waals surface area contributed by atoms with E-state index >= 15 is 0 Å². The van der Waals surface area contributed by atoms with Gasteiger partial charge in [0.1, 0.15) is 5.69 Å². The van der Waals surface area contributed by atoms with E-state index in [9.17, 15) is 14.9 Å². The molecule has 9 heteroatoms. The second kappa shape index (κ2) is 8.60. The van der Waals surface area contributed by atoms with Crippen LogP contribution in [0.1, 0.15) is 47.8 Å². The van der Waals surface area contributed by atoms with Crippen molar-refractivity contribution in [2.45, 2.75) is 38.3 Å². The Morgan fingerprint density at radius 3 is 2.72 bits per heavy atom. The molecule has 0 atom stereocenters. The molecule has 154 valence electrons. The van der Waals surface area contributed by atoms with Crippen molar-refractivity contribution in [3.05, 3.63) is 51.8 Å². The molecule has 1 saturated carbocycles. The van der Waals surface area contributed by atoms with Crippen LogP contribution >= 0.6 is 0 Å². The van der Waals surface area contributed by atoms with Crippen LogP contribution in [-0.2, 0) is 11.3 Å². The first kappa shape index (κ1) is 19.4. The van der Waals surface area contributed by atoms with Crippen molar-refractivity contribution in [3.8, 4) is 0 Å².